The third-order valence-electron chi connectivity index (χ3n) is 4.90. The molecule has 2 atom stereocenters. The van der Waals surface area contributed by atoms with E-state index in [1.54, 1.807) is 4.90 Å². The van der Waals surface area contributed by atoms with Crippen molar-refractivity contribution in [1.82, 2.24) is 4.90 Å². The maximum Gasteiger partial charge on any atom is 0.308 e. The fourth-order valence-electron chi connectivity index (χ4n) is 3.49. The summed E-state index contributed by atoms with van der Waals surface area (Å²) in [6, 6.07) is 15.3. The Morgan fingerprint density at radius 3 is 2.50 bits per heavy atom. The minimum atomic E-state index is -0.871. The third-order valence-corrected chi connectivity index (χ3v) is 4.90. The predicted octanol–water partition coefficient (Wildman–Crippen LogP) is 3.01. The van der Waals surface area contributed by atoms with Gasteiger partial charge in [-0.15, -0.1) is 0 Å². The lowest BCUT2D eigenvalue weighted by Gasteiger charge is -2.17. The molecular formula is C21H23NO4. The molecule has 0 unspecified atom stereocenters. The summed E-state index contributed by atoms with van der Waals surface area (Å²) in [6.07, 6.45) is 0. The van der Waals surface area contributed by atoms with Gasteiger partial charge in [-0.2, -0.15) is 0 Å². The van der Waals surface area contributed by atoms with Crippen molar-refractivity contribution >= 4 is 11.9 Å². The van der Waals surface area contributed by atoms with Crippen LogP contribution in [0.25, 0.3) is 0 Å². The number of hydrogen-bond acceptors (Lipinski definition) is 3. The van der Waals surface area contributed by atoms with Crippen LogP contribution in [0.3, 0.4) is 0 Å². The minimum Gasteiger partial charge on any atom is -0.484 e. The Bertz CT molecular complexity index is 803. The highest BCUT2D eigenvalue weighted by Crippen LogP contribution is 2.33. The molecule has 2 aromatic carbocycles. The van der Waals surface area contributed by atoms with Crippen LogP contribution in [0.4, 0.5) is 0 Å². The van der Waals surface area contributed by atoms with Crippen LogP contribution in [0.1, 0.15) is 22.6 Å². The number of carboxylic acids is 1. The summed E-state index contributed by atoms with van der Waals surface area (Å²) in [5.41, 5.74) is 3.06. The van der Waals surface area contributed by atoms with Crippen molar-refractivity contribution in [3.63, 3.8) is 0 Å². The highest BCUT2D eigenvalue weighted by molar-refractivity contribution is 5.80. The van der Waals surface area contributed by atoms with Gasteiger partial charge in [0, 0.05) is 19.0 Å². The molecule has 26 heavy (non-hydrogen) atoms. The van der Waals surface area contributed by atoms with Crippen molar-refractivity contribution in [3.05, 3.63) is 65.2 Å². The average Bonchev–Trinajstić information content (AvgIpc) is 3.07. The summed E-state index contributed by atoms with van der Waals surface area (Å²) in [7, 11) is 0. The number of rotatable bonds is 5. The van der Waals surface area contributed by atoms with Crippen LogP contribution < -0.4 is 4.74 Å². The van der Waals surface area contributed by atoms with Crippen LogP contribution in [-0.2, 0) is 9.59 Å². The van der Waals surface area contributed by atoms with E-state index >= 15 is 0 Å². The van der Waals surface area contributed by atoms with E-state index in [0.717, 1.165) is 16.7 Å². The Morgan fingerprint density at radius 1 is 1.12 bits per heavy atom. The summed E-state index contributed by atoms with van der Waals surface area (Å²) in [6.45, 7) is 4.47. The van der Waals surface area contributed by atoms with Crippen LogP contribution in [-0.4, -0.2) is 41.6 Å². The number of hydrogen-bond donors (Lipinski definition) is 1. The first-order valence-corrected chi connectivity index (χ1v) is 8.71. The number of amides is 1. The molecule has 5 heteroatoms. The molecule has 3 rings (SSSR count). The predicted molar refractivity (Wildman–Crippen MR) is 98.3 cm³/mol. The summed E-state index contributed by atoms with van der Waals surface area (Å²) >= 11 is 0. The Kier molecular flexibility index (Phi) is 5.26. The van der Waals surface area contributed by atoms with Gasteiger partial charge in [-0.05, 0) is 31.0 Å². The third kappa shape index (κ3) is 3.87. The van der Waals surface area contributed by atoms with E-state index in [-0.39, 0.29) is 25.0 Å². The van der Waals surface area contributed by atoms with Gasteiger partial charge in [0.2, 0.25) is 0 Å². The molecule has 0 spiro atoms. The molecule has 0 aromatic heterocycles. The second-order valence-corrected chi connectivity index (χ2v) is 6.82. The number of carbonyl (C=O) groups excluding carboxylic acids is 1. The maximum absolute atomic E-state index is 12.5. The Morgan fingerprint density at radius 2 is 1.85 bits per heavy atom. The fraction of sp³-hybridized carbons (Fsp3) is 0.333. The molecule has 1 aliphatic rings. The van der Waals surface area contributed by atoms with Crippen LogP contribution in [0.15, 0.2) is 48.5 Å². The van der Waals surface area contributed by atoms with Crippen molar-refractivity contribution in [1.29, 1.82) is 0 Å². The summed E-state index contributed by atoms with van der Waals surface area (Å²) in [4.78, 5) is 25.8. The Hall–Kier alpha value is -2.82. The van der Waals surface area contributed by atoms with E-state index in [4.69, 9.17) is 4.74 Å². The topological polar surface area (TPSA) is 66.8 Å². The standard InChI is InChI=1S/C21H23NO4/c1-14-8-9-19(15(2)10-14)26-13-20(23)22-11-17(18(12-22)21(24)25)16-6-4-3-5-7-16/h3-10,17-18H,11-13H2,1-2H3,(H,24,25)/t17-,18-/m0/s1. The number of benzene rings is 2. The number of likely N-dealkylation sites (tertiary alicyclic amines) is 1. The van der Waals surface area contributed by atoms with Gasteiger partial charge < -0.3 is 14.7 Å². The first-order chi connectivity index (χ1) is 12.5. The van der Waals surface area contributed by atoms with E-state index in [1.165, 1.54) is 0 Å². The number of aliphatic carboxylic acids is 1. The molecule has 0 saturated carbocycles. The van der Waals surface area contributed by atoms with Crippen molar-refractivity contribution in [2.75, 3.05) is 19.7 Å². The molecule has 0 aliphatic carbocycles. The maximum atomic E-state index is 12.5. The van der Waals surface area contributed by atoms with E-state index < -0.39 is 11.9 Å². The van der Waals surface area contributed by atoms with Gasteiger partial charge in [-0.1, -0.05) is 48.0 Å². The van der Waals surface area contributed by atoms with E-state index in [2.05, 4.69) is 0 Å². The molecule has 5 nitrogen and oxygen atoms in total. The second-order valence-electron chi connectivity index (χ2n) is 6.82. The summed E-state index contributed by atoms with van der Waals surface area (Å²) < 4.78 is 5.66. The van der Waals surface area contributed by atoms with Gasteiger partial charge in [0.15, 0.2) is 6.61 Å². The Balaban J connectivity index is 1.67. The first kappa shape index (κ1) is 18.0. The zero-order valence-electron chi connectivity index (χ0n) is 15.0. The molecule has 1 fully saturated rings. The lowest BCUT2D eigenvalue weighted by Crippen LogP contribution is -2.34. The fourth-order valence-corrected chi connectivity index (χ4v) is 3.49. The zero-order chi connectivity index (χ0) is 18.7. The van der Waals surface area contributed by atoms with Crippen LogP contribution in [0, 0.1) is 19.8 Å². The molecule has 1 heterocycles. The summed E-state index contributed by atoms with van der Waals surface area (Å²) in [5.74, 6) is -1.17. The highest BCUT2D eigenvalue weighted by atomic mass is 16.5. The Labute approximate surface area is 153 Å². The molecule has 1 amide bonds. The smallest absolute Gasteiger partial charge is 0.308 e. The molecule has 0 bridgehead atoms. The van der Waals surface area contributed by atoms with Gasteiger partial charge in [0.25, 0.3) is 5.91 Å². The van der Waals surface area contributed by atoms with Crippen LogP contribution >= 0.6 is 0 Å². The van der Waals surface area contributed by atoms with Gasteiger partial charge >= 0.3 is 5.97 Å². The quantitative estimate of drug-likeness (QED) is 0.897. The number of ether oxygens (including phenoxy) is 1. The van der Waals surface area contributed by atoms with E-state index in [0.29, 0.717) is 12.3 Å². The molecule has 136 valence electrons. The lowest BCUT2D eigenvalue weighted by atomic mass is 9.89. The number of carboxylic acid groups (broad SMARTS) is 1. The van der Waals surface area contributed by atoms with Gasteiger partial charge in [0.05, 0.1) is 5.92 Å². The zero-order valence-corrected chi connectivity index (χ0v) is 15.0. The van der Waals surface area contributed by atoms with Crippen molar-refractivity contribution in [3.8, 4) is 5.75 Å². The molecule has 2 aromatic rings. The van der Waals surface area contributed by atoms with Crippen molar-refractivity contribution in [2.45, 2.75) is 19.8 Å². The number of nitrogens with zero attached hydrogens (tertiary/aromatic N) is 1. The molecule has 1 N–H and O–H groups in total. The van der Waals surface area contributed by atoms with Crippen LogP contribution in [0.5, 0.6) is 5.75 Å². The molecule has 0 radical (unpaired) electrons. The second kappa shape index (κ2) is 7.60. The van der Waals surface area contributed by atoms with E-state index in [9.17, 15) is 14.7 Å². The summed E-state index contributed by atoms with van der Waals surface area (Å²) in [5, 5.41) is 9.55. The largest absolute Gasteiger partial charge is 0.484 e. The van der Waals surface area contributed by atoms with Gasteiger partial charge in [-0.25, -0.2) is 0 Å². The molecular weight excluding hydrogens is 330 g/mol. The van der Waals surface area contributed by atoms with E-state index in [1.807, 2.05) is 62.4 Å². The van der Waals surface area contributed by atoms with Crippen molar-refractivity contribution < 1.29 is 19.4 Å². The van der Waals surface area contributed by atoms with Crippen molar-refractivity contribution in [2.24, 2.45) is 5.92 Å². The first-order valence-electron chi connectivity index (χ1n) is 8.71. The number of aryl methyl sites for hydroxylation is 2. The molecule has 1 aliphatic heterocycles. The van der Waals surface area contributed by atoms with Crippen LogP contribution in [0.2, 0.25) is 0 Å². The normalized spacial score (nSPS) is 19.4. The lowest BCUT2D eigenvalue weighted by molar-refractivity contribution is -0.142. The minimum absolute atomic E-state index is 0.0856. The van der Waals surface area contributed by atoms with Gasteiger partial charge in [0.1, 0.15) is 5.75 Å². The average molecular weight is 353 g/mol. The number of carbonyl (C=O) groups is 2. The monoisotopic (exact) mass is 353 g/mol. The molecule has 1 saturated heterocycles. The van der Waals surface area contributed by atoms with Gasteiger partial charge in [-0.3, -0.25) is 9.59 Å². The highest BCUT2D eigenvalue weighted by Gasteiger charge is 2.40. The SMILES string of the molecule is Cc1ccc(OCC(=O)N2C[C@H](C(=O)O)[C@H](c3ccccc3)C2)c(C)c1.